The summed E-state index contributed by atoms with van der Waals surface area (Å²) in [6.45, 7) is 0. The molecule has 2 bridgehead atoms. The van der Waals surface area contributed by atoms with Crippen molar-refractivity contribution < 1.29 is 13.9 Å². The van der Waals surface area contributed by atoms with Crippen molar-refractivity contribution in [3.63, 3.8) is 0 Å². The molecule has 0 heterocycles. The summed E-state index contributed by atoms with van der Waals surface area (Å²) in [7, 11) is 0. The number of halogens is 2. The van der Waals surface area contributed by atoms with Crippen LogP contribution in [0.4, 0.5) is 8.78 Å². The second kappa shape index (κ2) is 4.05. The molecular weight excluding hydrogens is 222 g/mol. The van der Waals surface area contributed by atoms with Gasteiger partial charge in [0.05, 0.1) is 6.10 Å². The van der Waals surface area contributed by atoms with Crippen LogP contribution in [0.3, 0.4) is 0 Å². The maximum atomic E-state index is 13.1. The number of fused-ring (bicyclic) bond motifs is 2. The van der Waals surface area contributed by atoms with Gasteiger partial charge in [-0.2, -0.15) is 0 Å². The van der Waals surface area contributed by atoms with E-state index in [1.165, 1.54) is 25.3 Å². The number of aliphatic hydroxyl groups is 1. The molecule has 3 heteroatoms. The van der Waals surface area contributed by atoms with E-state index < -0.39 is 17.7 Å². The number of benzene rings is 1. The number of hydrogen-bond acceptors (Lipinski definition) is 1. The molecule has 1 N–H and O–H groups in total. The van der Waals surface area contributed by atoms with Gasteiger partial charge in [-0.3, -0.25) is 0 Å². The minimum Gasteiger partial charge on any atom is -0.388 e. The van der Waals surface area contributed by atoms with E-state index in [1.807, 2.05) is 0 Å². The first-order chi connectivity index (χ1) is 8.15. The summed E-state index contributed by atoms with van der Waals surface area (Å²) in [4.78, 5) is 0. The monoisotopic (exact) mass is 238 g/mol. The molecule has 0 aromatic heterocycles. The normalized spacial score (nSPS) is 33.0. The lowest BCUT2D eigenvalue weighted by atomic mass is 9.82. The van der Waals surface area contributed by atoms with E-state index in [1.54, 1.807) is 0 Å². The lowest BCUT2D eigenvalue weighted by molar-refractivity contribution is 0.0741. The molecule has 1 aromatic carbocycles. The van der Waals surface area contributed by atoms with Crippen molar-refractivity contribution in [2.45, 2.75) is 31.8 Å². The minimum absolute atomic E-state index is 0.235. The van der Waals surface area contributed by atoms with Crippen LogP contribution in [0, 0.1) is 29.4 Å². The largest absolute Gasteiger partial charge is 0.388 e. The van der Waals surface area contributed by atoms with Crippen LogP contribution >= 0.6 is 0 Å². The van der Waals surface area contributed by atoms with E-state index in [2.05, 4.69) is 0 Å². The fourth-order valence-corrected chi connectivity index (χ4v) is 3.62. The highest BCUT2D eigenvalue weighted by Crippen LogP contribution is 2.52. The average molecular weight is 238 g/mol. The third-order valence-corrected chi connectivity index (χ3v) is 4.48. The summed E-state index contributed by atoms with van der Waals surface area (Å²) in [5, 5.41) is 10.3. The number of rotatable bonds is 2. The van der Waals surface area contributed by atoms with E-state index in [9.17, 15) is 13.9 Å². The topological polar surface area (TPSA) is 20.2 Å². The van der Waals surface area contributed by atoms with Crippen LogP contribution in [0.5, 0.6) is 0 Å². The smallest absolute Gasteiger partial charge is 0.159 e. The Morgan fingerprint density at radius 3 is 2.53 bits per heavy atom. The summed E-state index contributed by atoms with van der Waals surface area (Å²) < 4.78 is 26.0. The zero-order valence-electron chi connectivity index (χ0n) is 9.57. The van der Waals surface area contributed by atoms with Gasteiger partial charge in [0.25, 0.3) is 0 Å². The molecule has 2 aliphatic carbocycles. The van der Waals surface area contributed by atoms with Crippen LogP contribution < -0.4 is 0 Å². The Morgan fingerprint density at radius 1 is 1.12 bits per heavy atom. The summed E-state index contributed by atoms with van der Waals surface area (Å²) >= 11 is 0. The van der Waals surface area contributed by atoms with Crippen LogP contribution in [-0.4, -0.2) is 5.11 Å². The highest BCUT2D eigenvalue weighted by molar-refractivity contribution is 5.21. The minimum atomic E-state index is -0.871. The fraction of sp³-hybridized carbons (Fsp3) is 0.571. The second-order valence-electron chi connectivity index (χ2n) is 5.46. The first-order valence-corrected chi connectivity index (χ1v) is 6.28. The Hall–Kier alpha value is -0.960. The average Bonchev–Trinajstić information content (AvgIpc) is 2.93. The fourth-order valence-electron chi connectivity index (χ4n) is 3.62. The third kappa shape index (κ3) is 1.86. The van der Waals surface area contributed by atoms with Crippen molar-refractivity contribution in [2.75, 3.05) is 0 Å². The van der Waals surface area contributed by atoms with E-state index >= 15 is 0 Å². The predicted octanol–water partition coefficient (Wildman–Crippen LogP) is 3.43. The van der Waals surface area contributed by atoms with E-state index in [0.717, 1.165) is 24.5 Å². The molecule has 4 atom stereocenters. The van der Waals surface area contributed by atoms with Gasteiger partial charge in [-0.05, 0) is 54.7 Å². The lowest BCUT2D eigenvalue weighted by Crippen LogP contribution is -2.19. The molecule has 92 valence electrons. The van der Waals surface area contributed by atoms with Gasteiger partial charge < -0.3 is 5.11 Å². The Bertz CT molecular complexity index is 432. The molecule has 4 unspecified atom stereocenters. The standard InChI is InChI=1S/C14H16F2O/c15-12-4-3-10(7-13(12)16)14(17)11-6-8-1-2-9(11)5-8/h3-4,7-9,11,14,17H,1-2,5-6H2. The van der Waals surface area contributed by atoms with Crippen molar-refractivity contribution in [2.24, 2.45) is 17.8 Å². The van der Waals surface area contributed by atoms with Crippen LogP contribution in [0.2, 0.25) is 0 Å². The molecule has 0 saturated heterocycles. The Balaban J connectivity index is 1.81. The first-order valence-electron chi connectivity index (χ1n) is 6.28. The first kappa shape index (κ1) is 11.1. The van der Waals surface area contributed by atoms with Gasteiger partial charge in [0, 0.05) is 0 Å². The SMILES string of the molecule is OC(c1ccc(F)c(F)c1)C1CC2CCC1C2. The quantitative estimate of drug-likeness (QED) is 0.836. The maximum Gasteiger partial charge on any atom is 0.159 e. The number of hydrogen-bond donors (Lipinski definition) is 1. The Labute approximate surface area is 99.5 Å². The molecular formula is C14H16F2O. The van der Waals surface area contributed by atoms with E-state index in [-0.39, 0.29) is 5.92 Å². The highest BCUT2D eigenvalue weighted by atomic mass is 19.2. The van der Waals surface area contributed by atoms with Crippen molar-refractivity contribution in [1.29, 1.82) is 0 Å². The van der Waals surface area contributed by atoms with Gasteiger partial charge in [-0.25, -0.2) is 8.78 Å². The van der Waals surface area contributed by atoms with Crippen molar-refractivity contribution in [3.8, 4) is 0 Å². The van der Waals surface area contributed by atoms with Crippen LogP contribution in [0.15, 0.2) is 18.2 Å². The molecule has 0 spiro atoms. The molecule has 2 saturated carbocycles. The molecule has 1 aromatic rings. The molecule has 3 rings (SSSR count). The van der Waals surface area contributed by atoms with Gasteiger partial charge >= 0.3 is 0 Å². The van der Waals surface area contributed by atoms with Gasteiger partial charge in [0.15, 0.2) is 11.6 Å². The Morgan fingerprint density at radius 2 is 1.94 bits per heavy atom. The van der Waals surface area contributed by atoms with Crippen LogP contribution in [-0.2, 0) is 0 Å². The molecule has 0 aliphatic heterocycles. The maximum absolute atomic E-state index is 13.1. The summed E-state index contributed by atoms with van der Waals surface area (Å²) in [5.41, 5.74) is 0.515. The van der Waals surface area contributed by atoms with E-state index in [4.69, 9.17) is 0 Å². The molecule has 17 heavy (non-hydrogen) atoms. The molecule has 1 nitrogen and oxygen atoms in total. The van der Waals surface area contributed by atoms with Crippen LogP contribution in [0.25, 0.3) is 0 Å². The van der Waals surface area contributed by atoms with Crippen molar-refractivity contribution in [3.05, 3.63) is 35.4 Å². The van der Waals surface area contributed by atoms with Gasteiger partial charge in [-0.1, -0.05) is 12.5 Å². The molecule has 2 aliphatic rings. The van der Waals surface area contributed by atoms with Gasteiger partial charge in [-0.15, -0.1) is 0 Å². The lowest BCUT2D eigenvalue weighted by Gasteiger charge is -2.27. The second-order valence-corrected chi connectivity index (χ2v) is 5.46. The third-order valence-electron chi connectivity index (χ3n) is 4.48. The summed E-state index contributed by atoms with van der Waals surface area (Å²) in [5.74, 6) is -0.176. The predicted molar refractivity (Wildman–Crippen MR) is 60.3 cm³/mol. The van der Waals surface area contributed by atoms with Crippen molar-refractivity contribution >= 4 is 0 Å². The Kier molecular flexibility index (Phi) is 2.66. The summed E-state index contributed by atoms with van der Waals surface area (Å²) in [6, 6.07) is 3.72. The molecule has 2 fully saturated rings. The zero-order valence-corrected chi connectivity index (χ0v) is 9.57. The van der Waals surface area contributed by atoms with Crippen LogP contribution in [0.1, 0.15) is 37.4 Å². The number of aliphatic hydroxyl groups excluding tert-OH is 1. The molecule has 0 radical (unpaired) electrons. The van der Waals surface area contributed by atoms with E-state index in [0.29, 0.717) is 11.5 Å². The molecule has 0 amide bonds. The zero-order chi connectivity index (χ0) is 12.0. The highest BCUT2D eigenvalue weighted by Gasteiger charge is 2.43. The van der Waals surface area contributed by atoms with Gasteiger partial charge in [0.2, 0.25) is 0 Å². The van der Waals surface area contributed by atoms with Gasteiger partial charge in [0.1, 0.15) is 0 Å². The van der Waals surface area contributed by atoms with Crippen molar-refractivity contribution in [1.82, 2.24) is 0 Å². The summed E-state index contributed by atoms with van der Waals surface area (Å²) in [6.07, 6.45) is 4.04.